The Hall–Kier alpha value is -1.12. The first kappa shape index (κ1) is 12.0. The van der Waals surface area contributed by atoms with Gasteiger partial charge >= 0.3 is 0 Å². The van der Waals surface area contributed by atoms with Crippen LogP contribution in [0.2, 0.25) is 0 Å². The second kappa shape index (κ2) is 4.17. The van der Waals surface area contributed by atoms with Crippen LogP contribution < -0.4 is 4.74 Å². The van der Waals surface area contributed by atoms with Gasteiger partial charge in [-0.15, -0.1) is 0 Å². The van der Waals surface area contributed by atoms with Gasteiger partial charge in [0.05, 0.1) is 12.3 Å². The maximum atomic E-state index is 13.5. The molecule has 0 aliphatic heterocycles. The molecule has 1 aromatic heterocycles. The summed E-state index contributed by atoms with van der Waals surface area (Å²) in [6.45, 7) is 9.73. The summed E-state index contributed by atoms with van der Waals surface area (Å²) in [6.07, 6.45) is 1.27. The van der Waals surface area contributed by atoms with E-state index in [9.17, 15) is 4.39 Å². The monoisotopic (exact) mass is 211 g/mol. The zero-order valence-corrected chi connectivity index (χ0v) is 9.97. The highest BCUT2D eigenvalue weighted by molar-refractivity contribution is 5.28. The molecule has 0 aliphatic carbocycles. The summed E-state index contributed by atoms with van der Waals surface area (Å²) < 4.78 is 18.9. The predicted octanol–water partition coefficient (Wildman–Crippen LogP) is 3.31. The van der Waals surface area contributed by atoms with Crippen molar-refractivity contribution >= 4 is 0 Å². The third-order valence-electron chi connectivity index (χ3n) is 1.99. The van der Waals surface area contributed by atoms with Gasteiger partial charge in [-0.1, -0.05) is 20.8 Å². The SMILES string of the molecule is CC(C)Oc1cc(C(C)(C)C)c(F)cn1. The van der Waals surface area contributed by atoms with Gasteiger partial charge in [-0.25, -0.2) is 9.37 Å². The lowest BCUT2D eigenvalue weighted by Gasteiger charge is -2.20. The summed E-state index contributed by atoms with van der Waals surface area (Å²) in [5.41, 5.74) is 0.399. The fourth-order valence-corrected chi connectivity index (χ4v) is 1.30. The van der Waals surface area contributed by atoms with Crippen LogP contribution >= 0.6 is 0 Å². The van der Waals surface area contributed by atoms with Crippen LogP contribution in [-0.4, -0.2) is 11.1 Å². The number of rotatable bonds is 2. The Balaban J connectivity index is 3.06. The van der Waals surface area contributed by atoms with Gasteiger partial charge in [0.15, 0.2) is 0 Å². The van der Waals surface area contributed by atoms with E-state index in [2.05, 4.69) is 4.98 Å². The summed E-state index contributed by atoms with van der Waals surface area (Å²) in [4.78, 5) is 3.90. The Bertz CT molecular complexity index is 342. The van der Waals surface area contributed by atoms with Crippen LogP contribution in [0.3, 0.4) is 0 Å². The van der Waals surface area contributed by atoms with Gasteiger partial charge in [0, 0.05) is 11.6 Å². The van der Waals surface area contributed by atoms with E-state index in [1.165, 1.54) is 6.20 Å². The quantitative estimate of drug-likeness (QED) is 0.748. The highest BCUT2D eigenvalue weighted by Crippen LogP contribution is 2.27. The van der Waals surface area contributed by atoms with Crippen molar-refractivity contribution in [2.75, 3.05) is 0 Å². The van der Waals surface area contributed by atoms with Crippen LogP contribution in [0.25, 0.3) is 0 Å². The standard InChI is InChI=1S/C12H18FNO/c1-8(2)15-11-6-9(12(3,4)5)10(13)7-14-11/h6-8H,1-5H3. The zero-order chi connectivity index (χ0) is 11.6. The largest absolute Gasteiger partial charge is 0.475 e. The Morgan fingerprint density at radius 1 is 1.33 bits per heavy atom. The number of hydrogen-bond donors (Lipinski definition) is 0. The molecule has 1 heterocycles. The highest BCUT2D eigenvalue weighted by atomic mass is 19.1. The molecular weight excluding hydrogens is 193 g/mol. The molecule has 0 radical (unpaired) electrons. The lowest BCUT2D eigenvalue weighted by atomic mass is 9.87. The fraction of sp³-hybridized carbons (Fsp3) is 0.583. The van der Waals surface area contributed by atoms with E-state index < -0.39 is 0 Å². The minimum atomic E-state index is -0.279. The summed E-state index contributed by atoms with van der Waals surface area (Å²) in [7, 11) is 0. The molecule has 0 unspecified atom stereocenters. The van der Waals surface area contributed by atoms with E-state index >= 15 is 0 Å². The van der Waals surface area contributed by atoms with E-state index in [4.69, 9.17) is 4.74 Å². The molecule has 1 aromatic rings. The molecule has 3 heteroatoms. The third kappa shape index (κ3) is 3.18. The van der Waals surface area contributed by atoms with Crippen LogP contribution in [0.1, 0.15) is 40.2 Å². The normalized spacial score (nSPS) is 11.9. The van der Waals surface area contributed by atoms with Crippen molar-refractivity contribution in [1.82, 2.24) is 4.98 Å². The van der Waals surface area contributed by atoms with Gasteiger partial charge in [0.25, 0.3) is 0 Å². The molecule has 0 N–H and O–H groups in total. The van der Waals surface area contributed by atoms with Crippen LogP contribution in [0.15, 0.2) is 12.3 Å². The highest BCUT2D eigenvalue weighted by Gasteiger charge is 2.19. The summed E-state index contributed by atoms with van der Waals surface area (Å²) >= 11 is 0. The number of halogens is 1. The molecule has 0 aromatic carbocycles. The lowest BCUT2D eigenvalue weighted by molar-refractivity contribution is 0.231. The van der Waals surface area contributed by atoms with Crippen LogP contribution in [0.4, 0.5) is 4.39 Å². The molecule has 0 fully saturated rings. The average molecular weight is 211 g/mol. The number of pyridine rings is 1. The Kier molecular flexibility index (Phi) is 3.32. The van der Waals surface area contributed by atoms with Crippen molar-refractivity contribution in [2.45, 2.75) is 46.1 Å². The summed E-state index contributed by atoms with van der Waals surface area (Å²) in [5.74, 6) is 0.204. The van der Waals surface area contributed by atoms with Crippen LogP contribution in [-0.2, 0) is 5.41 Å². The Morgan fingerprint density at radius 2 is 1.93 bits per heavy atom. The molecule has 15 heavy (non-hydrogen) atoms. The predicted molar refractivity (Wildman–Crippen MR) is 58.7 cm³/mol. The van der Waals surface area contributed by atoms with Crippen molar-refractivity contribution in [1.29, 1.82) is 0 Å². The van der Waals surface area contributed by atoms with E-state index in [1.54, 1.807) is 6.07 Å². The minimum absolute atomic E-state index is 0.0516. The van der Waals surface area contributed by atoms with Crippen molar-refractivity contribution in [3.05, 3.63) is 23.6 Å². The fourth-order valence-electron chi connectivity index (χ4n) is 1.30. The summed E-state index contributed by atoms with van der Waals surface area (Å²) in [5, 5.41) is 0. The first-order valence-corrected chi connectivity index (χ1v) is 5.13. The molecule has 0 spiro atoms. The number of ether oxygens (including phenoxy) is 1. The van der Waals surface area contributed by atoms with Crippen LogP contribution in [0.5, 0.6) is 5.88 Å². The molecular formula is C12H18FNO. The molecule has 84 valence electrons. The Labute approximate surface area is 90.5 Å². The minimum Gasteiger partial charge on any atom is -0.475 e. The van der Waals surface area contributed by atoms with Crippen LogP contribution in [0, 0.1) is 5.82 Å². The van der Waals surface area contributed by atoms with Gasteiger partial charge in [-0.2, -0.15) is 0 Å². The van der Waals surface area contributed by atoms with Crippen molar-refractivity contribution in [3.63, 3.8) is 0 Å². The molecule has 0 aliphatic rings. The number of nitrogens with zero attached hydrogens (tertiary/aromatic N) is 1. The zero-order valence-electron chi connectivity index (χ0n) is 9.97. The molecule has 0 saturated heterocycles. The molecule has 1 rings (SSSR count). The molecule has 0 amide bonds. The first-order valence-electron chi connectivity index (χ1n) is 5.13. The van der Waals surface area contributed by atoms with E-state index in [1.807, 2.05) is 34.6 Å². The topological polar surface area (TPSA) is 22.1 Å². The molecule has 0 atom stereocenters. The van der Waals surface area contributed by atoms with Crippen molar-refractivity contribution < 1.29 is 9.13 Å². The first-order chi connectivity index (χ1) is 6.80. The second-order valence-electron chi connectivity index (χ2n) is 4.92. The van der Waals surface area contributed by atoms with Gasteiger partial charge < -0.3 is 4.74 Å². The van der Waals surface area contributed by atoms with E-state index in [0.29, 0.717) is 11.4 Å². The maximum Gasteiger partial charge on any atom is 0.213 e. The van der Waals surface area contributed by atoms with Gasteiger partial charge in [0.2, 0.25) is 5.88 Å². The van der Waals surface area contributed by atoms with Gasteiger partial charge in [0.1, 0.15) is 5.82 Å². The molecule has 2 nitrogen and oxygen atoms in total. The molecule has 0 bridgehead atoms. The van der Waals surface area contributed by atoms with E-state index in [0.717, 1.165) is 0 Å². The average Bonchev–Trinajstić information content (AvgIpc) is 2.05. The summed E-state index contributed by atoms with van der Waals surface area (Å²) in [6, 6.07) is 1.68. The van der Waals surface area contributed by atoms with Gasteiger partial charge in [-0.05, 0) is 19.3 Å². The third-order valence-corrected chi connectivity index (χ3v) is 1.99. The number of aromatic nitrogens is 1. The maximum absolute atomic E-state index is 13.5. The second-order valence-corrected chi connectivity index (χ2v) is 4.92. The number of hydrogen-bond acceptors (Lipinski definition) is 2. The Morgan fingerprint density at radius 3 is 2.40 bits per heavy atom. The lowest BCUT2D eigenvalue weighted by Crippen LogP contribution is -2.15. The smallest absolute Gasteiger partial charge is 0.213 e. The molecule has 0 saturated carbocycles. The van der Waals surface area contributed by atoms with Crippen molar-refractivity contribution in [2.24, 2.45) is 0 Å². The van der Waals surface area contributed by atoms with E-state index in [-0.39, 0.29) is 17.3 Å². The van der Waals surface area contributed by atoms with Gasteiger partial charge in [-0.3, -0.25) is 0 Å². The van der Waals surface area contributed by atoms with Crippen molar-refractivity contribution in [3.8, 4) is 5.88 Å².